The summed E-state index contributed by atoms with van der Waals surface area (Å²) in [5.41, 5.74) is 1.44. The predicted molar refractivity (Wildman–Crippen MR) is 174 cm³/mol. The molecule has 3 aromatic rings. The summed E-state index contributed by atoms with van der Waals surface area (Å²) < 4.78 is 40.7. The number of aromatic nitrogens is 1. The average molecular weight is 753 g/mol. The number of nitrogens with zero attached hydrogens (tertiary/aromatic N) is 2. The Kier molecular flexibility index (Phi) is 11.1. The first-order valence-electron chi connectivity index (χ1n) is 13.8. The van der Waals surface area contributed by atoms with Gasteiger partial charge in [0.05, 0.1) is 67.1 Å². The standard InChI is InChI=1S/C31H33IN2O10S/c1-8-42-24(35)15-44-27-19(32)10-17(11-20(27)38-4)12-23-29(36)34-26(18-13-21(39-5)28(41-7)22(14-18)40-6)25(30(37)43-9-2)16(3)33-31(34)45-23/h10-14,26H,8-9,15H2,1-7H3/b23-12-/t26-/m0/s1. The molecule has 0 aliphatic carbocycles. The number of carbonyl (C=O) groups excluding carboxylic acids is 2. The monoisotopic (exact) mass is 752 g/mol. The Morgan fingerprint density at radius 2 is 1.56 bits per heavy atom. The topological polar surface area (TPSA) is 133 Å². The van der Waals surface area contributed by atoms with Gasteiger partial charge < -0.3 is 33.2 Å². The van der Waals surface area contributed by atoms with Gasteiger partial charge in [-0.25, -0.2) is 14.6 Å². The lowest BCUT2D eigenvalue weighted by Gasteiger charge is -2.26. The summed E-state index contributed by atoms with van der Waals surface area (Å²) >= 11 is 3.25. The van der Waals surface area contributed by atoms with Crippen LogP contribution in [0.25, 0.3) is 6.08 Å². The minimum Gasteiger partial charge on any atom is -0.493 e. The van der Waals surface area contributed by atoms with Crippen molar-refractivity contribution in [2.24, 2.45) is 4.99 Å². The van der Waals surface area contributed by atoms with E-state index in [-0.39, 0.29) is 31.0 Å². The van der Waals surface area contributed by atoms with E-state index in [4.69, 9.17) is 33.2 Å². The van der Waals surface area contributed by atoms with Crippen LogP contribution < -0.4 is 38.6 Å². The van der Waals surface area contributed by atoms with E-state index in [0.717, 1.165) is 0 Å². The Morgan fingerprint density at radius 1 is 0.933 bits per heavy atom. The first-order valence-corrected chi connectivity index (χ1v) is 15.7. The molecule has 2 aromatic carbocycles. The van der Waals surface area contributed by atoms with Gasteiger partial charge in [0.15, 0.2) is 34.4 Å². The number of hydrogen-bond donors (Lipinski definition) is 0. The lowest BCUT2D eigenvalue weighted by Crippen LogP contribution is -2.40. The second-order valence-corrected chi connectivity index (χ2v) is 11.6. The normalized spacial score (nSPS) is 14.3. The molecule has 0 fully saturated rings. The Hall–Kier alpha value is -4.05. The second kappa shape index (κ2) is 14.8. The first kappa shape index (κ1) is 33.8. The van der Waals surface area contributed by atoms with Crippen molar-refractivity contribution in [3.05, 3.63) is 69.9 Å². The van der Waals surface area contributed by atoms with Crippen molar-refractivity contribution in [1.82, 2.24) is 4.57 Å². The van der Waals surface area contributed by atoms with Crippen molar-refractivity contribution in [3.63, 3.8) is 0 Å². The molecular weight excluding hydrogens is 719 g/mol. The fraction of sp³-hybridized carbons (Fsp3) is 0.355. The smallest absolute Gasteiger partial charge is 0.344 e. The van der Waals surface area contributed by atoms with Gasteiger partial charge in [-0.05, 0) is 84.8 Å². The highest BCUT2D eigenvalue weighted by molar-refractivity contribution is 14.1. The summed E-state index contributed by atoms with van der Waals surface area (Å²) in [6.45, 7) is 5.24. The van der Waals surface area contributed by atoms with Gasteiger partial charge >= 0.3 is 11.9 Å². The van der Waals surface area contributed by atoms with Gasteiger partial charge in [-0.3, -0.25) is 9.36 Å². The molecule has 45 heavy (non-hydrogen) atoms. The van der Waals surface area contributed by atoms with Crippen LogP contribution in [0.3, 0.4) is 0 Å². The molecule has 2 heterocycles. The minimum atomic E-state index is -0.899. The number of allylic oxidation sites excluding steroid dienone is 1. The van der Waals surface area contributed by atoms with Crippen molar-refractivity contribution in [3.8, 4) is 28.7 Å². The number of methoxy groups -OCH3 is 4. The zero-order chi connectivity index (χ0) is 32.8. The van der Waals surface area contributed by atoms with Crippen LogP contribution in [-0.2, 0) is 19.1 Å². The van der Waals surface area contributed by atoms with Crippen LogP contribution in [0.15, 0.2) is 45.3 Å². The number of benzene rings is 2. The fourth-order valence-electron chi connectivity index (χ4n) is 4.81. The number of ether oxygens (including phenoxy) is 7. The lowest BCUT2D eigenvalue weighted by molar-refractivity contribution is -0.145. The maximum absolute atomic E-state index is 14.1. The molecule has 0 saturated carbocycles. The van der Waals surface area contributed by atoms with Gasteiger partial charge in [-0.2, -0.15) is 0 Å². The average Bonchev–Trinajstić information content (AvgIpc) is 3.32. The van der Waals surface area contributed by atoms with E-state index in [2.05, 4.69) is 27.6 Å². The van der Waals surface area contributed by atoms with Crippen LogP contribution in [-0.4, -0.2) is 64.8 Å². The number of fused-ring (bicyclic) bond motifs is 1. The molecule has 0 spiro atoms. The van der Waals surface area contributed by atoms with Crippen LogP contribution in [0, 0.1) is 3.57 Å². The van der Waals surface area contributed by atoms with Gasteiger partial charge in [-0.15, -0.1) is 0 Å². The zero-order valence-electron chi connectivity index (χ0n) is 25.8. The predicted octanol–water partition coefficient (Wildman–Crippen LogP) is 3.38. The van der Waals surface area contributed by atoms with Crippen LogP contribution in [0.4, 0.5) is 0 Å². The van der Waals surface area contributed by atoms with Crippen LogP contribution in [0.5, 0.6) is 28.7 Å². The largest absolute Gasteiger partial charge is 0.493 e. The van der Waals surface area contributed by atoms with Crippen molar-refractivity contribution in [2.75, 3.05) is 48.3 Å². The maximum Gasteiger partial charge on any atom is 0.344 e. The molecule has 1 aromatic heterocycles. The third-order valence-corrected chi connectivity index (χ3v) is 8.49. The first-order chi connectivity index (χ1) is 21.6. The molecule has 0 unspecified atom stereocenters. The third kappa shape index (κ3) is 6.96. The third-order valence-electron chi connectivity index (χ3n) is 6.71. The van der Waals surface area contributed by atoms with Crippen molar-refractivity contribution in [2.45, 2.75) is 26.8 Å². The highest BCUT2D eigenvalue weighted by Gasteiger charge is 2.34. The molecule has 1 aliphatic heterocycles. The molecule has 14 heteroatoms. The summed E-state index contributed by atoms with van der Waals surface area (Å²) in [4.78, 5) is 44.3. The van der Waals surface area contributed by atoms with E-state index >= 15 is 0 Å². The van der Waals surface area contributed by atoms with E-state index in [1.807, 2.05) is 0 Å². The highest BCUT2D eigenvalue weighted by atomic mass is 127. The van der Waals surface area contributed by atoms with Crippen molar-refractivity contribution < 1.29 is 42.7 Å². The summed E-state index contributed by atoms with van der Waals surface area (Å²) in [6, 6.07) is 6.00. The van der Waals surface area contributed by atoms with Gasteiger partial charge in [-0.1, -0.05) is 11.3 Å². The number of carbonyl (C=O) groups is 2. The maximum atomic E-state index is 14.1. The molecule has 1 aliphatic rings. The minimum absolute atomic E-state index is 0.141. The van der Waals surface area contributed by atoms with Crippen LogP contribution >= 0.6 is 33.9 Å². The quantitative estimate of drug-likeness (QED) is 0.201. The summed E-state index contributed by atoms with van der Waals surface area (Å²) in [7, 11) is 5.95. The molecule has 0 N–H and O–H groups in total. The van der Waals surface area contributed by atoms with Crippen molar-refractivity contribution >= 4 is 51.9 Å². The van der Waals surface area contributed by atoms with E-state index in [1.54, 1.807) is 51.1 Å². The molecule has 0 bridgehead atoms. The molecule has 1 atom stereocenters. The number of esters is 2. The van der Waals surface area contributed by atoms with Crippen LogP contribution in [0.1, 0.15) is 37.9 Å². The molecule has 4 rings (SSSR count). The molecule has 0 amide bonds. The van der Waals surface area contributed by atoms with E-state index in [9.17, 15) is 14.4 Å². The Morgan fingerprint density at radius 3 is 2.13 bits per heavy atom. The van der Waals surface area contributed by atoms with E-state index in [0.29, 0.717) is 58.5 Å². The molecule has 0 radical (unpaired) electrons. The molecule has 12 nitrogen and oxygen atoms in total. The molecular formula is C31H33IN2O10S. The van der Waals surface area contributed by atoms with Crippen LogP contribution in [0.2, 0.25) is 0 Å². The highest BCUT2D eigenvalue weighted by Crippen LogP contribution is 2.42. The molecule has 0 saturated heterocycles. The Bertz CT molecular complexity index is 1800. The van der Waals surface area contributed by atoms with Gasteiger partial charge in [0.1, 0.15) is 0 Å². The Balaban J connectivity index is 1.90. The van der Waals surface area contributed by atoms with Gasteiger partial charge in [0, 0.05) is 0 Å². The van der Waals surface area contributed by atoms with Gasteiger partial charge in [0.2, 0.25) is 5.75 Å². The van der Waals surface area contributed by atoms with Crippen molar-refractivity contribution in [1.29, 1.82) is 0 Å². The van der Waals surface area contributed by atoms with E-state index < -0.39 is 18.0 Å². The number of thiazole rings is 1. The lowest BCUT2D eigenvalue weighted by atomic mass is 9.95. The number of halogens is 1. The fourth-order valence-corrected chi connectivity index (χ4v) is 6.64. The summed E-state index contributed by atoms with van der Waals surface area (Å²) in [5.74, 6) is 0.748. The number of hydrogen-bond acceptors (Lipinski definition) is 12. The zero-order valence-corrected chi connectivity index (χ0v) is 28.8. The molecule has 240 valence electrons. The van der Waals surface area contributed by atoms with Gasteiger partial charge in [0.25, 0.3) is 5.56 Å². The summed E-state index contributed by atoms with van der Waals surface area (Å²) in [6.07, 6.45) is 1.71. The van der Waals surface area contributed by atoms with E-state index in [1.165, 1.54) is 44.3 Å². The number of rotatable bonds is 12. The second-order valence-electron chi connectivity index (χ2n) is 9.39. The summed E-state index contributed by atoms with van der Waals surface area (Å²) in [5, 5.41) is 0. The SMILES string of the molecule is CCOC(=O)COc1c(I)cc(/C=c2\sc3n(c2=O)[C@@H](c2cc(OC)c(OC)c(OC)c2)C(C(=O)OCC)=C(C)N=3)cc1OC. The Labute approximate surface area is 277 Å².